The van der Waals surface area contributed by atoms with Crippen LogP contribution in [0, 0.1) is 0 Å². The van der Waals surface area contributed by atoms with Crippen molar-refractivity contribution in [3.05, 3.63) is 36.9 Å². The maximum Gasteiger partial charge on any atom is 0.162 e. The SMILES string of the molecule is CSc1ccc(-c2ncncn2)cc1. The standard InChI is InChI=1S/C10H9N3S/c1-14-9-4-2-8(3-5-9)10-12-6-11-7-13-10/h2-7H,1H3. The lowest BCUT2D eigenvalue weighted by atomic mass is 10.2. The van der Waals surface area contributed by atoms with Gasteiger partial charge >= 0.3 is 0 Å². The molecule has 1 heterocycles. The summed E-state index contributed by atoms with van der Waals surface area (Å²) in [7, 11) is 0. The van der Waals surface area contributed by atoms with Crippen LogP contribution < -0.4 is 0 Å². The number of hydrogen-bond donors (Lipinski definition) is 0. The van der Waals surface area contributed by atoms with E-state index < -0.39 is 0 Å². The Bertz CT molecular complexity index is 399. The van der Waals surface area contributed by atoms with Gasteiger partial charge in [0.1, 0.15) is 12.7 Å². The molecule has 14 heavy (non-hydrogen) atoms. The lowest BCUT2D eigenvalue weighted by molar-refractivity contribution is 1.05. The highest BCUT2D eigenvalue weighted by molar-refractivity contribution is 7.98. The van der Waals surface area contributed by atoms with E-state index in [9.17, 15) is 0 Å². The van der Waals surface area contributed by atoms with E-state index in [-0.39, 0.29) is 0 Å². The summed E-state index contributed by atoms with van der Waals surface area (Å²) in [5, 5.41) is 0. The zero-order valence-electron chi connectivity index (χ0n) is 7.71. The number of benzene rings is 1. The smallest absolute Gasteiger partial charge is 0.162 e. The fourth-order valence-electron chi connectivity index (χ4n) is 1.13. The number of nitrogens with zero attached hydrogens (tertiary/aromatic N) is 3. The molecule has 0 fully saturated rings. The van der Waals surface area contributed by atoms with Crippen LogP contribution in [0.5, 0.6) is 0 Å². The van der Waals surface area contributed by atoms with Gasteiger partial charge in [0, 0.05) is 10.5 Å². The second kappa shape index (κ2) is 4.19. The first-order valence-electron chi connectivity index (χ1n) is 4.16. The van der Waals surface area contributed by atoms with Gasteiger partial charge in [0.05, 0.1) is 0 Å². The molecule has 2 rings (SSSR count). The fourth-order valence-corrected chi connectivity index (χ4v) is 1.54. The van der Waals surface area contributed by atoms with Crippen LogP contribution in [0.3, 0.4) is 0 Å². The number of aromatic nitrogens is 3. The van der Waals surface area contributed by atoms with Crippen molar-refractivity contribution in [2.75, 3.05) is 6.26 Å². The van der Waals surface area contributed by atoms with Gasteiger partial charge in [-0.25, -0.2) is 15.0 Å². The maximum atomic E-state index is 4.08. The predicted molar refractivity (Wildman–Crippen MR) is 57.0 cm³/mol. The summed E-state index contributed by atoms with van der Waals surface area (Å²) >= 11 is 1.72. The third-order valence-electron chi connectivity index (χ3n) is 1.84. The zero-order chi connectivity index (χ0) is 9.80. The van der Waals surface area contributed by atoms with Gasteiger partial charge in [-0.05, 0) is 18.4 Å². The zero-order valence-corrected chi connectivity index (χ0v) is 8.53. The van der Waals surface area contributed by atoms with Crippen molar-refractivity contribution in [2.45, 2.75) is 4.90 Å². The topological polar surface area (TPSA) is 38.7 Å². The van der Waals surface area contributed by atoms with E-state index in [1.165, 1.54) is 17.6 Å². The molecule has 0 aliphatic rings. The highest BCUT2D eigenvalue weighted by Crippen LogP contribution is 2.19. The van der Waals surface area contributed by atoms with E-state index in [1.807, 2.05) is 12.1 Å². The molecule has 0 N–H and O–H groups in total. The van der Waals surface area contributed by atoms with Crippen LogP contribution in [0.1, 0.15) is 0 Å². The van der Waals surface area contributed by atoms with E-state index >= 15 is 0 Å². The van der Waals surface area contributed by atoms with Crippen LogP contribution in [0.15, 0.2) is 41.8 Å². The van der Waals surface area contributed by atoms with Gasteiger partial charge in [0.15, 0.2) is 5.82 Å². The molecule has 1 aromatic heterocycles. The van der Waals surface area contributed by atoms with E-state index in [0.717, 1.165) is 5.56 Å². The fraction of sp³-hybridized carbons (Fsp3) is 0.100. The molecule has 0 saturated carbocycles. The first-order valence-corrected chi connectivity index (χ1v) is 5.39. The predicted octanol–water partition coefficient (Wildman–Crippen LogP) is 2.26. The summed E-state index contributed by atoms with van der Waals surface area (Å²) < 4.78 is 0. The Morgan fingerprint density at radius 2 is 1.64 bits per heavy atom. The van der Waals surface area contributed by atoms with Gasteiger partial charge in [-0.2, -0.15) is 0 Å². The summed E-state index contributed by atoms with van der Waals surface area (Å²) in [5.74, 6) is 0.715. The van der Waals surface area contributed by atoms with Crippen molar-refractivity contribution in [3.63, 3.8) is 0 Å². The van der Waals surface area contributed by atoms with Crippen molar-refractivity contribution in [2.24, 2.45) is 0 Å². The Balaban J connectivity index is 2.34. The third kappa shape index (κ3) is 1.90. The normalized spacial score (nSPS) is 10.1. The molecule has 0 unspecified atom stereocenters. The molecule has 70 valence electrons. The Hall–Kier alpha value is -1.42. The summed E-state index contributed by atoms with van der Waals surface area (Å²) in [6.07, 6.45) is 5.06. The van der Waals surface area contributed by atoms with Crippen molar-refractivity contribution in [1.82, 2.24) is 15.0 Å². The Kier molecular flexibility index (Phi) is 2.74. The van der Waals surface area contributed by atoms with Gasteiger partial charge < -0.3 is 0 Å². The van der Waals surface area contributed by atoms with Gasteiger partial charge in [-0.3, -0.25) is 0 Å². The Morgan fingerprint density at radius 3 is 2.21 bits per heavy atom. The van der Waals surface area contributed by atoms with Crippen LogP contribution in [0.4, 0.5) is 0 Å². The Morgan fingerprint density at radius 1 is 1.00 bits per heavy atom. The molecule has 0 bridgehead atoms. The molecule has 3 nitrogen and oxygen atoms in total. The van der Waals surface area contributed by atoms with Crippen LogP contribution >= 0.6 is 11.8 Å². The first-order chi connectivity index (χ1) is 6.90. The summed E-state index contributed by atoms with van der Waals surface area (Å²) in [4.78, 5) is 13.2. The van der Waals surface area contributed by atoms with Crippen molar-refractivity contribution < 1.29 is 0 Å². The van der Waals surface area contributed by atoms with Crippen LogP contribution in [0.2, 0.25) is 0 Å². The molecule has 0 aliphatic carbocycles. The van der Waals surface area contributed by atoms with E-state index in [0.29, 0.717) is 5.82 Å². The van der Waals surface area contributed by atoms with Crippen molar-refractivity contribution >= 4 is 11.8 Å². The number of thioether (sulfide) groups is 1. The molecule has 0 aliphatic heterocycles. The monoisotopic (exact) mass is 203 g/mol. The second-order valence-corrected chi connectivity index (χ2v) is 3.57. The first kappa shape index (κ1) is 9.15. The Labute approximate surface area is 86.6 Å². The highest BCUT2D eigenvalue weighted by atomic mass is 32.2. The molecule has 4 heteroatoms. The molecule has 0 amide bonds. The second-order valence-electron chi connectivity index (χ2n) is 2.69. The largest absolute Gasteiger partial charge is 0.225 e. The minimum absolute atomic E-state index is 0.715. The number of hydrogen-bond acceptors (Lipinski definition) is 4. The lowest BCUT2D eigenvalue weighted by Gasteiger charge is -1.99. The average molecular weight is 203 g/mol. The summed E-state index contributed by atoms with van der Waals surface area (Å²) in [6.45, 7) is 0. The molecule has 1 aromatic carbocycles. The lowest BCUT2D eigenvalue weighted by Crippen LogP contribution is -1.88. The minimum atomic E-state index is 0.715. The van der Waals surface area contributed by atoms with Crippen molar-refractivity contribution in [1.29, 1.82) is 0 Å². The summed E-state index contributed by atoms with van der Waals surface area (Å²) in [5.41, 5.74) is 1.02. The molecule has 0 spiro atoms. The van der Waals surface area contributed by atoms with Crippen LogP contribution in [-0.4, -0.2) is 21.2 Å². The van der Waals surface area contributed by atoms with Gasteiger partial charge in [-0.1, -0.05) is 12.1 Å². The van der Waals surface area contributed by atoms with E-state index in [1.54, 1.807) is 11.8 Å². The number of rotatable bonds is 2. The minimum Gasteiger partial charge on any atom is -0.225 e. The van der Waals surface area contributed by atoms with Gasteiger partial charge in [0.25, 0.3) is 0 Å². The summed E-state index contributed by atoms with van der Waals surface area (Å²) in [6, 6.07) is 8.15. The van der Waals surface area contributed by atoms with Gasteiger partial charge in [0.2, 0.25) is 0 Å². The van der Waals surface area contributed by atoms with Crippen LogP contribution in [-0.2, 0) is 0 Å². The maximum absolute atomic E-state index is 4.08. The van der Waals surface area contributed by atoms with E-state index in [4.69, 9.17) is 0 Å². The molecule has 2 aromatic rings. The average Bonchev–Trinajstić information content (AvgIpc) is 2.30. The molecule has 0 atom stereocenters. The molecular formula is C10H9N3S. The molecule has 0 saturated heterocycles. The quantitative estimate of drug-likeness (QED) is 0.702. The van der Waals surface area contributed by atoms with E-state index in [2.05, 4.69) is 33.3 Å². The highest BCUT2D eigenvalue weighted by Gasteiger charge is 1.98. The third-order valence-corrected chi connectivity index (χ3v) is 2.59. The molecular weight excluding hydrogens is 194 g/mol. The van der Waals surface area contributed by atoms with Gasteiger partial charge in [-0.15, -0.1) is 11.8 Å². The van der Waals surface area contributed by atoms with Crippen molar-refractivity contribution in [3.8, 4) is 11.4 Å². The molecule has 0 radical (unpaired) electrons. The van der Waals surface area contributed by atoms with Crippen LogP contribution in [0.25, 0.3) is 11.4 Å².